The van der Waals surface area contributed by atoms with Crippen LogP contribution in [0.4, 0.5) is 0 Å². The summed E-state index contributed by atoms with van der Waals surface area (Å²) in [4.78, 5) is 15.8. The van der Waals surface area contributed by atoms with Gasteiger partial charge in [-0.1, -0.05) is 18.2 Å². The van der Waals surface area contributed by atoms with Gasteiger partial charge in [0.15, 0.2) is 5.96 Å². The molecule has 0 aliphatic heterocycles. The van der Waals surface area contributed by atoms with Crippen LogP contribution in [-0.4, -0.2) is 31.1 Å². The van der Waals surface area contributed by atoms with Crippen LogP contribution in [0.2, 0.25) is 0 Å². The van der Waals surface area contributed by atoms with Crippen LogP contribution >= 0.6 is 0 Å². The number of para-hydroxylation sites is 1. The van der Waals surface area contributed by atoms with Crippen molar-refractivity contribution in [3.63, 3.8) is 0 Å². The molecule has 24 heavy (non-hydrogen) atoms. The van der Waals surface area contributed by atoms with Crippen LogP contribution in [0.5, 0.6) is 0 Å². The third kappa shape index (κ3) is 4.75. The van der Waals surface area contributed by atoms with E-state index in [9.17, 15) is 4.79 Å². The smallest absolute Gasteiger partial charge is 0.325 e. The second-order valence-electron chi connectivity index (χ2n) is 6.51. The highest BCUT2D eigenvalue weighted by molar-refractivity contribution is 5.85. The maximum Gasteiger partial charge on any atom is 0.325 e. The second-order valence-corrected chi connectivity index (χ2v) is 6.51. The second kappa shape index (κ2) is 7.38. The molecule has 0 fully saturated rings. The Hall–Kier alpha value is -2.50. The van der Waals surface area contributed by atoms with Gasteiger partial charge in [0.25, 0.3) is 0 Å². The minimum absolute atomic E-state index is 0.0516. The van der Waals surface area contributed by atoms with E-state index in [1.165, 1.54) is 0 Å². The molecule has 1 aromatic carbocycles. The zero-order valence-corrected chi connectivity index (χ0v) is 14.9. The Kier molecular flexibility index (Phi) is 5.49. The number of aliphatic imine (C=N–C) groups is 1. The molecular weight excluding hydrogens is 306 g/mol. The molecule has 0 aliphatic rings. The zero-order chi connectivity index (χ0) is 17.7. The lowest BCUT2D eigenvalue weighted by atomic mass is 10.1. The average Bonchev–Trinajstić information content (AvgIpc) is 2.83. The Morgan fingerprint density at radius 1 is 1.25 bits per heavy atom. The van der Waals surface area contributed by atoms with E-state index in [2.05, 4.69) is 15.6 Å². The van der Waals surface area contributed by atoms with Crippen LogP contribution in [0.25, 0.3) is 11.0 Å². The van der Waals surface area contributed by atoms with Crippen LogP contribution in [0.15, 0.2) is 33.7 Å². The van der Waals surface area contributed by atoms with Gasteiger partial charge in [-0.2, -0.15) is 0 Å². The Labute approximate surface area is 142 Å². The molecule has 0 aliphatic carbocycles. The number of aryl methyl sites for hydroxylation is 1. The average molecular weight is 331 g/mol. The highest BCUT2D eigenvalue weighted by atomic mass is 16.6. The molecule has 0 saturated carbocycles. The van der Waals surface area contributed by atoms with Gasteiger partial charge in [0.2, 0.25) is 0 Å². The molecule has 2 N–H and O–H groups in total. The van der Waals surface area contributed by atoms with E-state index < -0.39 is 5.60 Å². The monoisotopic (exact) mass is 331 g/mol. The first-order valence-electron chi connectivity index (χ1n) is 7.93. The number of rotatable bonds is 4. The molecule has 0 amide bonds. The number of guanidine groups is 1. The number of benzene rings is 1. The van der Waals surface area contributed by atoms with Crippen LogP contribution in [0.1, 0.15) is 32.1 Å². The summed E-state index contributed by atoms with van der Waals surface area (Å²) in [7, 11) is 1.65. The van der Waals surface area contributed by atoms with Crippen molar-refractivity contribution in [3.05, 3.63) is 35.6 Å². The van der Waals surface area contributed by atoms with Crippen LogP contribution < -0.4 is 10.6 Å². The molecule has 0 spiro atoms. The molecule has 6 nitrogen and oxygen atoms in total. The Bertz CT molecular complexity index is 742. The van der Waals surface area contributed by atoms with E-state index in [1.807, 2.05) is 52.0 Å². The van der Waals surface area contributed by atoms with Gasteiger partial charge < -0.3 is 19.8 Å². The largest absolute Gasteiger partial charge is 0.459 e. The van der Waals surface area contributed by atoms with Gasteiger partial charge in [-0.05, 0) is 33.8 Å². The van der Waals surface area contributed by atoms with Crippen LogP contribution in [-0.2, 0) is 16.1 Å². The molecule has 0 bridgehead atoms. The van der Waals surface area contributed by atoms with Crippen molar-refractivity contribution in [2.75, 3.05) is 13.6 Å². The molecule has 0 atom stereocenters. The molecule has 6 heteroatoms. The standard InChI is InChI=1S/C18H25N3O3/c1-12-13-8-6-7-9-14(13)23-15(12)10-20-17(19-5)21-11-16(22)24-18(2,3)4/h6-9H,10-11H2,1-5H3,(H2,19,20,21). The predicted octanol–water partition coefficient (Wildman–Crippen LogP) is 2.75. The molecule has 2 aromatic rings. The number of furan rings is 1. The van der Waals surface area contributed by atoms with E-state index in [-0.39, 0.29) is 12.5 Å². The van der Waals surface area contributed by atoms with Crippen LogP contribution in [0, 0.1) is 6.92 Å². The molecule has 0 radical (unpaired) electrons. The quantitative estimate of drug-likeness (QED) is 0.512. The lowest BCUT2D eigenvalue weighted by Crippen LogP contribution is -2.41. The van der Waals surface area contributed by atoms with Crippen molar-refractivity contribution in [2.24, 2.45) is 4.99 Å². The Morgan fingerprint density at radius 3 is 2.58 bits per heavy atom. The van der Waals surface area contributed by atoms with E-state index >= 15 is 0 Å². The fourth-order valence-corrected chi connectivity index (χ4v) is 2.31. The number of nitrogens with zero attached hydrogens (tertiary/aromatic N) is 1. The normalized spacial score (nSPS) is 12.3. The van der Waals surface area contributed by atoms with Crippen molar-refractivity contribution in [1.29, 1.82) is 0 Å². The van der Waals surface area contributed by atoms with Crippen molar-refractivity contribution in [2.45, 2.75) is 39.8 Å². The van der Waals surface area contributed by atoms with Crippen molar-refractivity contribution < 1.29 is 13.9 Å². The highest BCUT2D eigenvalue weighted by Gasteiger charge is 2.16. The first-order valence-corrected chi connectivity index (χ1v) is 7.93. The molecule has 1 heterocycles. The van der Waals surface area contributed by atoms with E-state index in [1.54, 1.807) is 7.05 Å². The Morgan fingerprint density at radius 2 is 1.96 bits per heavy atom. The fourth-order valence-electron chi connectivity index (χ4n) is 2.31. The minimum Gasteiger partial charge on any atom is -0.459 e. The van der Waals surface area contributed by atoms with Gasteiger partial charge >= 0.3 is 5.97 Å². The predicted molar refractivity (Wildman–Crippen MR) is 95.0 cm³/mol. The zero-order valence-electron chi connectivity index (χ0n) is 14.9. The van der Waals surface area contributed by atoms with E-state index in [0.717, 1.165) is 22.3 Å². The van der Waals surface area contributed by atoms with Crippen LogP contribution in [0.3, 0.4) is 0 Å². The molecular formula is C18H25N3O3. The van der Waals surface area contributed by atoms with Gasteiger partial charge in [-0.25, -0.2) is 0 Å². The number of carbonyl (C=O) groups is 1. The number of hydrogen-bond acceptors (Lipinski definition) is 4. The molecule has 0 unspecified atom stereocenters. The first-order chi connectivity index (χ1) is 11.3. The summed E-state index contributed by atoms with van der Waals surface area (Å²) in [6.07, 6.45) is 0. The van der Waals surface area contributed by atoms with E-state index in [0.29, 0.717) is 12.5 Å². The molecule has 1 aromatic heterocycles. The maximum atomic E-state index is 11.7. The van der Waals surface area contributed by atoms with Gasteiger partial charge in [0.1, 0.15) is 23.5 Å². The van der Waals surface area contributed by atoms with Gasteiger partial charge in [0, 0.05) is 18.0 Å². The molecule has 0 saturated heterocycles. The SMILES string of the molecule is CN=C(NCC(=O)OC(C)(C)C)NCc1oc2ccccc2c1C. The number of fused-ring (bicyclic) bond motifs is 1. The summed E-state index contributed by atoms with van der Waals surface area (Å²) in [6.45, 7) is 8.07. The lowest BCUT2D eigenvalue weighted by molar-refractivity contribution is -0.153. The van der Waals surface area contributed by atoms with E-state index in [4.69, 9.17) is 9.15 Å². The number of carbonyl (C=O) groups excluding carboxylic acids is 1. The summed E-state index contributed by atoms with van der Waals surface area (Å²) >= 11 is 0. The summed E-state index contributed by atoms with van der Waals surface area (Å²) in [6, 6.07) is 7.92. The number of ether oxygens (including phenoxy) is 1. The third-order valence-electron chi connectivity index (χ3n) is 3.40. The van der Waals surface area contributed by atoms with Gasteiger partial charge in [-0.15, -0.1) is 0 Å². The lowest BCUT2D eigenvalue weighted by Gasteiger charge is -2.20. The maximum absolute atomic E-state index is 11.7. The highest BCUT2D eigenvalue weighted by Crippen LogP contribution is 2.24. The summed E-state index contributed by atoms with van der Waals surface area (Å²) in [5.74, 6) is 1.03. The minimum atomic E-state index is -0.499. The molecule has 2 rings (SSSR count). The topological polar surface area (TPSA) is 75.9 Å². The number of nitrogens with one attached hydrogen (secondary N) is 2. The fraction of sp³-hybridized carbons (Fsp3) is 0.444. The summed E-state index contributed by atoms with van der Waals surface area (Å²) in [5.41, 5.74) is 1.46. The number of hydrogen-bond donors (Lipinski definition) is 2. The summed E-state index contributed by atoms with van der Waals surface area (Å²) in [5, 5.41) is 7.18. The number of esters is 1. The summed E-state index contributed by atoms with van der Waals surface area (Å²) < 4.78 is 11.1. The van der Waals surface area contributed by atoms with Crippen molar-refractivity contribution in [1.82, 2.24) is 10.6 Å². The van der Waals surface area contributed by atoms with Crippen molar-refractivity contribution >= 4 is 22.9 Å². The van der Waals surface area contributed by atoms with Gasteiger partial charge in [-0.3, -0.25) is 9.79 Å². The molecule has 130 valence electrons. The third-order valence-corrected chi connectivity index (χ3v) is 3.40. The van der Waals surface area contributed by atoms with Gasteiger partial charge in [0.05, 0.1) is 6.54 Å². The first kappa shape index (κ1) is 17.8. The van der Waals surface area contributed by atoms with Crippen molar-refractivity contribution in [3.8, 4) is 0 Å². The Balaban J connectivity index is 1.91.